The summed E-state index contributed by atoms with van der Waals surface area (Å²) >= 11 is 0. The molecule has 5 rings (SSSR count). The van der Waals surface area contributed by atoms with Crippen molar-refractivity contribution in [3.05, 3.63) is 109 Å². The molecular weight excluding hydrogens is 388 g/mol. The first-order chi connectivity index (χ1) is 15.5. The smallest absolute Gasteiger partial charge is 0.135 e. The van der Waals surface area contributed by atoms with E-state index in [4.69, 9.17) is 9.97 Å². The van der Waals surface area contributed by atoms with Crippen LogP contribution in [0.15, 0.2) is 103 Å². The van der Waals surface area contributed by atoms with Crippen molar-refractivity contribution in [2.24, 2.45) is 0 Å². The van der Waals surface area contributed by atoms with Gasteiger partial charge in [-0.15, -0.1) is 0 Å². The topological polar surface area (TPSA) is 25.8 Å². The first-order valence-electron chi connectivity index (χ1n) is 11.0. The fraction of sp³-hybridized carbons (Fsp3) is 0.133. The molecule has 0 spiro atoms. The van der Waals surface area contributed by atoms with Crippen LogP contribution in [0.3, 0.4) is 0 Å². The van der Waals surface area contributed by atoms with Crippen LogP contribution in [0.1, 0.15) is 26.6 Å². The lowest BCUT2D eigenvalue weighted by atomic mass is 9.90. The Hall–Kier alpha value is -3.78. The van der Waals surface area contributed by atoms with Crippen molar-refractivity contribution >= 4 is 10.9 Å². The van der Waals surface area contributed by atoms with Crippen LogP contribution in [0.4, 0.5) is 0 Å². The fourth-order valence-corrected chi connectivity index (χ4v) is 4.04. The van der Waals surface area contributed by atoms with Gasteiger partial charge in [0.2, 0.25) is 0 Å². The highest BCUT2D eigenvalue weighted by Crippen LogP contribution is 2.38. The zero-order chi connectivity index (χ0) is 22.1. The van der Waals surface area contributed by atoms with Gasteiger partial charge in [0.25, 0.3) is 0 Å². The second-order valence-electron chi connectivity index (χ2n) is 9.16. The van der Waals surface area contributed by atoms with Crippen molar-refractivity contribution in [2.75, 3.05) is 0 Å². The van der Waals surface area contributed by atoms with E-state index in [1.165, 1.54) is 22.3 Å². The van der Waals surface area contributed by atoms with Crippen LogP contribution < -0.4 is 0 Å². The molecule has 0 aliphatic carbocycles. The van der Waals surface area contributed by atoms with Crippen molar-refractivity contribution < 1.29 is 0 Å². The van der Waals surface area contributed by atoms with Crippen molar-refractivity contribution in [1.29, 1.82) is 0 Å². The van der Waals surface area contributed by atoms with E-state index in [0.717, 1.165) is 28.0 Å². The first-order valence-corrected chi connectivity index (χ1v) is 11.0. The standard InChI is InChI=1S/C30H26N2/c1-30(2,3)29-31-27-20-25(22-15-9-5-10-16-22)24(21-13-7-4-8-14-21)19-26(27)28(32-29)23-17-11-6-12-18-23/h4-20H,1-3H3. The van der Waals surface area contributed by atoms with Gasteiger partial charge in [-0.25, -0.2) is 9.97 Å². The number of aromatic nitrogens is 2. The van der Waals surface area contributed by atoms with Crippen LogP contribution in [0.5, 0.6) is 0 Å². The van der Waals surface area contributed by atoms with E-state index < -0.39 is 0 Å². The highest BCUT2D eigenvalue weighted by atomic mass is 14.9. The van der Waals surface area contributed by atoms with Gasteiger partial charge < -0.3 is 0 Å². The van der Waals surface area contributed by atoms with Crippen molar-refractivity contribution in [2.45, 2.75) is 26.2 Å². The lowest BCUT2D eigenvalue weighted by Gasteiger charge is -2.20. The molecule has 0 atom stereocenters. The first kappa shape index (κ1) is 20.1. The molecule has 0 bridgehead atoms. The van der Waals surface area contributed by atoms with Crippen LogP contribution in [0.2, 0.25) is 0 Å². The van der Waals surface area contributed by atoms with Crippen LogP contribution in [0.25, 0.3) is 44.4 Å². The molecule has 5 aromatic rings. The van der Waals surface area contributed by atoms with Gasteiger partial charge in [0, 0.05) is 16.4 Å². The molecule has 0 aliphatic heterocycles. The van der Waals surface area contributed by atoms with Gasteiger partial charge in [0.1, 0.15) is 5.82 Å². The Bertz CT molecular complexity index is 1370. The van der Waals surface area contributed by atoms with E-state index in [0.29, 0.717) is 0 Å². The molecule has 2 heteroatoms. The molecule has 0 N–H and O–H groups in total. The average molecular weight is 415 g/mol. The van der Waals surface area contributed by atoms with E-state index in [9.17, 15) is 0 Å². The number of benzene rings is 4. The minimum atomic E-state index is -0.150. The molecule has 0 aliphatic rings. The summed E-state index contributed by atoms with van der Waals surface area (Å²) in [6.07, 6.45) is 0. The highest BCUT2D eigenvalue weighted by molar-refractivity contribution is 6.00. The highest BCUT2D eigenvalue weighted by Gasteiger charge is 2.22. The summed E-state index contributed by atoms with van der Waals surface area (Å²) in [6, 6.07) is 36.1. The van der Waals surface area contributed by atoms with Crippen LogP contribution >= 0.6 is 0 Å². The molecule has 0 radical (unpaired) electrons. The van der Waals surface area contributed by atoms with E-state index in [2.05, 4.69) is 118 Å². The van der Waals surface area contributed by atoms with Gasteiger partial charge in [-0.3, -0.25) is 0 Å². The quantitative estimate of drug-likeness (QED) is 0.299. The molecule has 32 heavy (non-hydrogen) atoms. The number of rotatable bonds is 3. The Balaban J connectivity index is 1.88. The number of hydrogen-bond acceptors (Lipinski definition) is 2. The molecule has 0 fully saturated rings. The minimum absolute atomic E-state index is 0.150. The van der Waals surface area contributed by atoms with Gasteiger partial charge in [0.15, 0.2) is 0 Å². The van der Waals surface area contributed by atoms with Gasteiger partial charge >= 0.3 is 0 Å². The second-order valence-corrected chi connectivity index (χ2v) is 9.16. The minimum Gasteiger partial charge on any atom is -0.232 e. The maximum Gasteiger partial charge on any atom is 0.135 e. The predicted octanol–water partition coefficient (Wildman–Crippen LogP) is 7.93. The molecule has 2 nitrogen and oxygen atoms in total. The Morgan fingerprint density at radius 3 is 1.50 bits per heavy atom. The third-order valence-corrected chi connectivity index (χ3v) is 5.72. The van der Waals surface area contributed by atoms with Crippen LogP contribution in [0, 0.1) is 0 Å². The third kappa shape index (κ3) is 3.80. The van der Waals surface area contributed by atoms with Crippen molar-refractivity contribution in [3.63, 3.8) is 0 Å². The number of nitrogens with zero attached hydrogens (tertiary/aromatic N) is 2. The summed E-state index contributed by atoms with van der Waals surface area (Å²) in [5.74, 6) is 0.857. The molecule has 1 aromatic heterocycles. The van der Waals surface area contributed by atoms with Gasteiger partial charge in [-0.05, 0) is 34.4 Å². The summed E-state index contributed by atoms with van der Waals surface area (Å²) in [6.45, 7) is 6.50. The summed E-state index contributed by atoms with van der Waals surface area (Å²) in [5.41, 5.74) is 7.66. The molecule has 156 valence electrons. The Morgan fingerprint density at radius 1 is 0.531 bits per heavy atom. The van der Waals surface area contributed by atoms with E-state index in [1.807, 2.05) is 6.07 Å². The van der Waals surface area contributed by atoms with E-state index >= 15 is 0 Å². The SMILES string of the molecule is CC(C)(C)c1nc(-c2ccccc2)c2cc(-c3ccccc3)c(-c3ccccc3)cc2n1. The maximum absolute atomic E-state index is 5.07. The maximum atomic E-state index is 5.07. The second kappa shape index (κ2) is 8.05. The molecule has 0 amide bonds. The average Bonchev–Trinajstić information content (AvgIpc) is 2.83. The molecule has 0 unspecified atom stereocenters. The Labute approximate surface area is 189 Å². The van der Waals surface area contributed by atoms with Crippen LogP contribution in [-0.4, -0.2) is 9.97 Å². The number of fused-ring (bicyclic) bond motifs is 1. The zero-order valence-electron chi connectivity index (χ0n) is 18.7. The monoisotopic (exact) mass is 414 g/mol. The van der Waals surface area contributed by atoms with Gasteiger partial charge in [-0.2, -0.15) is 0 Å². The Kier molecular flexibility index (Phi) is 5.07. The van der Waals surface area contributed by atoms with Gasteiger partial charge in [-0.1, -0.05) is 112 Å². The normalized spacial score (nSPS) is 11.6. The Morgan fingerprint density at radius 2 is 1.00 bits per heavy atom. The van der Waals surface area contributed by atoms with Crippen LogP contribution in [-0.2, 0) is 5.41 Å². The molecule has 4 aromatic carbocycles. The molecule has 0 saturated carbocycles. The van der Waals surface area contributed by atoms with Crippen molar-refractivity contribution in [3.8, 4) is 33.5 Å². The molecule has 0 saturated heterocycles. The predicted molar refractivity (Wildman–Crippen MR) is 135 cm³/mol. The number of hydrogen-bond donors (Lipinski definition) is 0. The van der Waals surface area contributed by atoms with E-state index in [1.54, 1.807) is 0 Å². The fourth-order valence-electron chi connectivity index (χ4n) is 4.04. The molecular formula is C30H26N2. The van der Waals surface area contributed by atoms with Gasteiger partial charge in [0.05, 0.1) is 11.2 Å². The lowest BCUT2D eigenvalue weighted by molar-refractivity contribution is 0.549. The summed E-state index contributed by atoms with van der Waals surface area (Å²) in [5, 5.41) is 1.07. The lowest BCUT2D eigenvalue weighted by Crippen LogP contribution is -2.16. The summed E-state index contributed by atoms with van der Waals surface area (Å²) in [7, 11) is 0. The summed E-state index contributed by atoms with van der Waals surface area (Å²) in [4.78, 5) is 10.1. The van der Waals surface area contributed by atoms with Crippen molar-refractivity contribution in [1.82, 2.24) is 9.97 Å². The summed E-state index contributed by atoms with van der Waals surface area (Å²) < 4.78 is 0. The van der Waals surface area contributed by atoms with E-state index in [-0.39, 0.29) is 5.41 Å². The zero-order valence-corrected chi connectivity index (χ0v) is 18.7. The molecule has 1 heterocycles. The third-order valence-electron chi connectivity index (χ3n) is 5.72. The largest absolute Gasteiger partial charge is 0.232 e.